The SMILES string of the molecule is NCC[CH]([Na])C(=O)O. The Morgan fingerprint density at radius 1 is 1.88 bits per heavy atom. The molecule has 8 heavy (non-hydrogen) atoms. The van der Waals surface area contributed by atoms with Gasteiger partial charge in [-0.2, -0.15) is 0 Å². The van der Waals surface area contributed by atoms with Crippen molar-refractivity contribution in [2.75, 3.05) is 6.54 Å². The zero-order chi connectivity index (χ0) is 6.57. The van der Waals surface area contributed by atoms with Crippen molar-refractivity contribution in [1.82, 2.24) is 0 Å². The van der Waals surface area contributed by atoms with Crippen molar-refractivity contribution in [3.05, 3.63) is 0 Å². The van der Waals surface area contributed by atoms with E-state index in [9.17, 15) is 4.79 Å². The zero-order valence-corrected chi connectivity index (χ0v) is 6.92. The molecule has 0 spiro atoms. The van der Waals surface area contributed by atoms with Gasteiger partial charge < -0.3 is 0 Å². The third kappa shape index (κ3) is 3.43. The van der Waals surface area contributed by atoms with Crippen LogP contribution in [0.1, 0.15) is 6.42 Å². The van der Waals surface area contributed by atoms with E-state index in [-0.39, 0.29) is 3.17 Å². The van der Waals surface area contributed by atoms with Crippen molar-refractivity contribution in [3.8, 4) is 0 Å². The first kappa shape index (κ1) is 8.43. The van der Waals surface area contributed by atoms with Gasteiger partial charge in [0.25, 0.3) is 0 Å². The molecule has 0 aliphatic carbocycles. The summed E-state index contributed by atoms with van der Waals surface area (Å²) >= 11 is 0.704. The Bertz CT molecular complexity index is 86.1. The molecule has 0 aromatic rings. The van der Waals surface area contributed by atoms with Gasteiger partial charge in [0.05, 0.1) is 0 Å². The van der Waals surface area contributed by atoms with E-state index in [2.05, 4.69) is 0 Å². The minimum atomic E-state index is -0.706. The first-order valence-electron chi connectivity index (χ1n) is 2.61. The molecule has 0 fully saturated rings. The number of carboxylic acids is 1. The van der Waals surface area contributed by atoms with Crippen molar-refractivity contribution in [2.24, 2.45) is 5.73 Å². The fourth-order valence-corrected chi connectivity index (χ4v) is 0.707. The van der Waals surface area contributed by atoms with Gasteiger partial charge in [-0.25, -0.2) is 0 Å². The molecule has 0 aromatic heterocycles. The third-order valence-electron chi connectivity index (χ3n) is 1.02. The van der Waals surface area contributed by atoms with Gasteiger partial charge >= 0.3 is 65.7 Å². The molecule has 0 saturated heterocycles. The van der Waals surface area contributed by atoms with Crippen LogP contribution in [0, 0.1) is 0 Å². The van der Waals surface area contributed by atoms with Crippen LogP contribution in [0.25, 0.3) is 0 Å². The maximum absolute atomic E-state index is 10.1. The summed E-state index contributed by atoms with van der Waals surface area (Å²) in [7, 11) is 0. The van der Waals surface area contributed by atoms with Gasteiger partial charge in [0.1, 0.15) is 0 Å². The van der Waals surface area contributed by atoms with Crippen molar-refractivity contribution in [1.29, 1.82) is 0 Å². The number of carboxylic acid groups (broad SMARTS) is 1. The van der Waals surface area contributed by atoms with Crippen LogP contribution in [-0.4, -0.2) is 45.6 Å². The van der Waals surface area contributed by atoms with Gasteiger partial charge in [-0.15, -0.1) is 0 Å². The van der Waals surface area contributed by atoms with Crippen molar-refractivity contribution >= 4 is 33.9 Å². The molecule has 3 nitrogen and oxygen atoms in total. The van der Waals surface area contributed by atoms with E-state index in [1.807, 2.05) is 0 Å². The second-order valence-electron chi connectivity index (χ2n) is 1.82. The topological polar surface area (TPSA) is 63.3 Å². The Kier molecular flexibility index (Phi) is 4.56. The standard InChI is InChI=1S/C4H8NO2.Na/c5-3-1-2-4(6)7;/h2H,1,3,5H2,(H,6,7);. The Morgan fingerprint density at radius 2 is 2.38 bits per heavy atom. The Morgan fingerprint density at radius 3 is 2.50 bits per heavy atom. The predicted octanol–water partition coefficient (Wildman–Crippen LogP) is -0.623. The van der Waals surface area contributed by atoms with Gasteiger partial charge in [0, 0.05) is 0 Å². The van der Waals surface area contributed by atoms with Crippen LogP contribution < -0.4 is 5.73 Å². The monoisotopic (exact) mass is 125 g/mol. The van der Waals surface area contributed by atoms with Crippen molar-refractivity contribution in [3.63, 3.8) is 0 Å². The molecular weight excluding hydrogens is 117 g/mol. The van der Waals surface area contributed by atoms with Crippen LogP contribution in [0.5, 0.6) is 0 Å². The average molecular weight is 125 g/mol. The van der Waals surface area contributed by atoms with E-state index in [0.29, 0.717) is 40.9 Å². The van der Waals surface area contributed by atoms with Crippen molar-refractivity contribution in [2.45, 2.75) is 9.59 Å². The van der Waals surface area contributed by atoms with Gasteiger partial charge in [-0.1, -0.05) is 0 Å². The number of nitrogens with two attached hydrogens (primary N) is 1. The molecule has 0 amide bonds. The summed E-state index contributed by atoms with van der Waals surface area (Å²) in [4.78, 5) is 10.1. The molecule has 0 bridgehead atoms. The van der Waals surface area contributed by atoms with E-state index < -0.39 is 5.97 Å². The summed E-state index contributed by atoms with van der Waals surface area (Å²) in [5.74, 6) is -0.706. The minimum absolute atomic E-state index is 0.153. The van der Waals surface area contributed by atoms with E-state index >= 15 is 0 Å². The molecule has 0 aromatic carbocycles. The number of hydrogen-bond acceptors (Lipinski definition) is 2. The molecule has 0 radical (unpaired) electrons. The Labute approximate surface area is 65.7 Å². The number of hydrogen-bond donors (Lipinski definition) is 2. The number of rotatable bonds is 3. The number of carbonyl (C=O) groups is 1. The summed E-state index contributed by atoms with van der Waals surface area (Å²) in [5.41, 5.74) is 5.13. The molecule has 0 rings (SSSR count). The summed E-state index contributed by atoms with van der Waals surface area (Å²) in [6.45, 7) is 0.487. The van der Waals surface area contributed by atoms with E-state index in [1.54, 1.807) is 0 Å². The first-order chi connectivity index (χ1) is 3.68. The molecule has 0 aliphatic heterocycles. The van der Waals surface area contributed by atoms with Gasteiger partial charge in [-0.05, 0) is 0 Å². The molecule has 1 unspecified atom stereocenters. The molecule has 42 valence electrons. The van der Waals surface area contributed by atoms with Gasteiger partial charge in [0.15, 0.2) is 0 Å². The summed E-state index contributed by atoms with van der Waals surface area (Å²) in [6.07, 6.45) is 0.627. The van der Waals surface area contributed by atoms with E-state index in [0.717, 1.165) is 0 Å². The van der Waals surface area contributed by atoms with Crippen molar-refractivity contribution < 1.29 is 9.90 Å². The zero-order valence-electron chi connectivity index (χ0n) is 4.92. The first-order valence-corrected chi connectivity index (χ1v) is 3.76. The molecule has 0 saturated carbocycles. The normalized spacial score (nSPS) is 13.4. The Balaban J connectivity index is 3.32. The second-order valence-corrected chi connectivity index (χ2v) is 3.21. The summed E-state index contributed by atoms with van der Waals surface area (Å²) in [5, 5.41) is 8.29. The van der Waals surface area contributed by atoms with E-state index in [1.165, 1.54) is 0 Å². The van der Waals surface area contributed by atoms with Crippen LogP contribution >= 0.6 is 0 Å². The van der Waals surface area contributed by atoms with Crippen LogP contribution in [0.4, 0.5) is 0 Å². The molecule has 0 heterocycles. The fraction of sp³-hybridized carbons (Fsp3) is 0.750. The quantitative estimate of drug-likeness (QED) is 0.494. The van der Waals surface area contributed by atoms with Crippen LogP contribution in [0.15, 0.2) is 0 Å². The predicted molar refractivity (Wildman–Crippen MR) is 30.8 cm³/mol. The number of aliphatic carboxylic acids is 1. The molecular formula is C4H8NNaO2. The van der Waals surface area contributed by atoms with Crippen LogP contribution in [-0.2, 0) is 4.79 Å². The molecule has 0 aliphatic rings. The Hall–Kier alpha value is 0.430. The maximum atomic E-state index is 10.1. The average Bonchev–Trinajstić information content (AvgIpc) is 1.67. The van der Waals surface area contributed by atoms with Gasteiger partial charge in [0.2, 0.25) is 0 Å². The molecule has 3 N–H and O–H groups in total. The van der Waals surface area contributed by atoms with Crippen LogP contribution in [0.3, 0.4) is 0 Å². The van der Waals surface area contributed by atoms with Gasteiger partial charge in [-0.3, -0.25) is 0 Å². The second kappa shape index (κ2) is 4.32. The molecule has 4 heteroatoms. The summed E-state index contributed by atoms with van der Waals surface area (Å²) < 4.78 is -0.153. The third-order valence-corrected chi connectivity index (χ3v) is 2.09. The fourth-order valence-electron chi connectivity index (χ4n) is 0.373. The van der Waals surface area contributed by atoms with E-state index in [4.69, 9.17) is 10.8 Å². The molecule has 1 atom stereocenters. The van der Waals surface area contributed by atoms with Crippen LogP contribution in [0.2, 0.25) is 3.17 Å². The summed E-state index contributed by atoms with van der Waals surface area (Å²) in [6, 6.07) is 0.